The maximum atomic E-state index is 12.0. The lowest BCUT2D eigenvalue weighted by atomic mass is 10.1. The van der Waals surface area contributed by atoms with Crippen LogP contribution in [0.5, 0.6) is 0 Å². The first kappa shape index (κ1) is 20.1. The molecule has 2 aromatic heterocycles. The maximum absolute atomic E-state index is 12.0. The monoisotopic (exact) mass is 441 g/mol. The smallest absolute Gasteiger partial charge is 0.336 e. The van der Waals surface area contributed by atoms with E-state index in [9.17, 15) is 9.59 Å². The lowest BCUT2D eigenvalue weighted by Gasteiger charge is -2.09. The van der Waals surface area contributed by atoms with Crippen molar-refractivity contribution >= 4 is 45.9 Å². The number of halogens is 1. The highest BCUT2D eigenvalue weighted by Crippen LogP contribution is 2.29. The summed E-state index contributed by atoms with van der Waals surface area (Å²) >= 11 is 7.63. The summed E-state index contributed by atoms with van der Waals surface area (Å²) in [5.74, 6) is 0.273. The molecule has 0 aliphatic carbocycles. The van der Waals surface area contributed by atoms with Gasteiger partial charge in [-0.3, -0.25) is 4.79 Å². The normalized spacial score (nSPS) is 11.0. The number of carbonyl (C=O) groups excluding carboxylic acids is 1. The van der Waals surface area contributed by atoms with Crippen molar-refractivity contribution in [2.75, 3.05) is 5.32 Å². The minimum Gasteiger partial charge on any atom is -0.423 e. The number of nitrogens with zero attached hydrogens (tertiary/aromatic N) is 4. The lowest BCUT2D eigenvalue weighted by Crippen LogP contribution is -2.07. The van der Waals surface area contributed by atoms with Crippen LogP contribution in [0.25, 0.3) is 16.7 Å². The summed E-state index contributed by atoms with van der Waals surface area (Å²) in [5, 5.41) is 16.5. The Bertz CT molecular complexity index is 1320. The molecule has 0 unspecified atom stereocenters. The minimum absolute atomic E-state index is 0.165. The van der Waals surface area contributed by atoms with E-state index in [1.807, 2.05) is 13.0 Å². The molecule has 2 aromatic carbocycles. The number of aryl methyl sites for hydroxylation is 1. The molecule has 10 heteroatoms. The number of fused-ring (bicyclic) bond motifs is 1. The van der Waals surface area contributed by atoms with E-state index >= 15 is 0 Å². The molecule has 0 aliphatic heterocycles. The quantitative estimate of drug-likeness (QED) is 0.369. The molecule has 0 saturated carbocycles. The van der Waals surface area contributed by atoms with Gasteiger partial charge in [-0.05, 0) is 58.8 Å². The molecular formula is C20H16ClN5O3S. The van der Waals surface area contributed by atoms with Crippen LogP contribution in [0, 0.1) is 6.92 Å². The third kappa shape index (κ3) is 4.22. The van der Waals surface area contributed by atoms with Crippen LogP contribution in [0.4, 0.5) is 5.69 Å². The van der Waals surface area contributed by atoms with Crippen molar-refractivity contribution in [1.29, 1.82) is 0 Å². The molecule has 4 aromatic rings. The number of nitrogens with one attached hydrogen (secondary N) is 1. The topological polar surface area (TPSA) is 103 Å². The van der Waals surface area contributed by atoms with Gasteiger partial charge in [0.05, 0.1) is 5.69 Å². The molecule has 1 amide bonds. The van der Waals surface area contributed by atoms with E-state index in [0.29, 0.717) is 32.9 Å². The van der Waals surface area contributed by atoms with E-state index in [-0.39, 0.29) is 5.91 Å². The van der Waals surface area contributed by atoms with Crippen LogP contribution in [0.3, 0.4) is 0 Å². The number of anilines is 1. The molecule has 0 atom stereocenters. The summed E-state index contributed by atoms with van der Waals surface area (Å²) in [4.78, 5) is 23.3. The fourth-order valence-electron chi connectivity index (χ4n) is 2.96. The summed E-state index contributed by atoms with van der Waals surface area (Å²) < 4.78 is 6.88. The zero-order valence-corrected chi connectivity index (χ0v) is 17.6. The van der Waals surface area contributed by atoms with E-state index in [1.54, 1.807) is 35.0 Å². The molecule has 0 spiro atoms. The Hall–Kier alpha value is -3.17. The van der Waals surface area contributed by atoms with Gasteiger partial charge in [0.2, 0.25) is 11.1 Å². The van der Waals surface area contributed by atoms with Gasteiger partial charge < -0.3 is 9.73 Å². The molecule has 0 bridgehead atoms. The van der Waals surface area contributed by atoms with Crippen LogP contribution in [-0.4, -0.2) is 26.1 Å². The van der Waals surface area contributed by atoms with Gasteiger partial charge in [-0.2, -0.15) is 4.68 Å². The standard InChI is InChI=1S/C20H16ClN5O3S/c1-11-6-18-16(9-17(11)21)13(7-19(28)29-18)10-30-20-23-24-25-26(20)15-5-3-4-14(8-15)22-12(2)27/h3-9H,10H2,1-2H3,(H,22,27). The van der Waals surface area contributed by atoms with E-state index in [1.165, 1.54) is 24.8 Å². The van der Waals surface area contributed by atoms with E-state index in [0.717, 1.165) is 16.5 Å². The van der Waals surface area contributed by atoms with Crippen LogP contribution in [0.2, 0.25) is 5.02 Å². The van der Waals surface area contributed by atoms with Gasteiger partial charge in [-0.15, -0.1) is 5.10 Å². The van der Waals surface area contributed by atoms with Gasteiger partial charge in [0.1, 0.15) is 5.58 Å². The second-order valence-electron chi connectivity index (χ2n) is 6.58. The summed E-state index contributed by atoms with van der Waals surface area (Å²) in [6.07, 6.45) is 0. The molecule has 30 heavy (non-hydrogen) atoms. The number of thioether (sulfide) groups is 1. The SMILES string of the molecule is CC(=O)Nc1cccc(-n2nnnc2SCc2cc(=O)oc3cc(C)c(Cl)cc23)c1. The zero-order chi connectivity index (χ0) is 21.3. The van der Waals surface area contributed by atoms with Crippen LogP contribution in [-0.2, 0) is 10.5 Å². The van der Waals surface area contributed by atoms with Gasteiger partial charge in [-0.1, -0.05) is 29.4 Å². The average Bonchev–Trinajstić information content (AvgIpc) is 3.16. The number of benzene rings is 2. The highest BCUT2D eigenvalue weighted by atomic mass is 35.5. The summed E-state index contributed by atoms with van der Waals surface area (Å²) in [5.41, 5.74) is 3.01. The number of rotatable bonds is 5. The maximum Gasteiger partial charge on any atom is 0.336 e. The predicted octanol–water partition coefficient (Wildman–Crippen LogP) is 3.98. The molecular weight excluding hydrogens is 426 g/mol. The molecule has 0 fully saturated rings. The first-order chi connectivity index (χ1) is 14.4. The molecule has 152 valence electrons. The Morgan fingerprint density at radius 3 is 2.90 bits per heavy atom. The third-order valence-electron chi connectivity index (χ3n) is 4.32. The first-order valence-corrected chi connectivity index (χ1v) is 10.3. The van der Waals surface area contributed by atoms with Crippen molar-refractivity contribution < 1.29 is 9.21 Å². The number of aromatic nitrogens is 4. The fourth-order valence-corrected chi connectivity index (χ4v) is 4.01. The Kier molecular flexibility index (Phi) is 5.56. The first-order valence-electron chi connectivity index (χ1n) is 8.93. The lowest BCUT2D eigenvalue weighted by molar-refractivity contribution is -0.114. The van der Waals surface area contributed by atoms with Gasteiger partial charge in [-0.25, -0.2) is 4.79 Å². The van der Waals surface area contributed by atoms with Crippen LogP contribution < -0.4 is 10.9 Å². The van der Waals surface area contributed by atoms with E-state index in [2.05, 4.69) is 20.8 Å². The van der Waals surface area contributed by atoms with E-state index in [4.69, 9.17) is 16.0 Å². The molecule has 0 aliphatic rings. The molecule has 0 saturated heterocycles. The fraction of sp³-hybridized carbons (Fsp3) is 0.150. The van der Waals surface area contributed by atoms with Crippen LogP contribution in [0.15, 0.2) is 56.8 Å². The van der Waals surface area contributed by atoms with Crippen molar-refractivity contribution in [3.63, 3.8) is 0 Å². The summed E-state index contributed by atoms with van der Waals surface area (Å²) in [6, 6.07) is 12.2. The second-order valence-corrected chi connectivity index (χ2v) is 7.93. The molecule has 8 nitrogen and oxygen atoms in total. The van der Waals surface area contributed by atoms with Crippen LogP contribution >= 0.6 is 23.4 Å². The Morgan fingerprint density at radius 2 is 2.10 bits per heavy atom. The Morgan fingerprint density at radius 1 is 1.27 bits per heavy atom. The van der Waals surface area contributed by atoms with Gasteiger partial charge in [0.25, 0.3) is 0 Å². The van der Waals surface area contributed by atoms with Gasteiger partial charge >= 0.3 is 5.63 Å². The van der Waals surface area contributed by atoms with Gasteiger partial charge in [0, 0.05) is 34.8 Å². The third-order valence-corrected chi connectivity index (χ3v) is 5.69. The number of amides is 1. The number of tetrazole rings is 1. The molecule has 0 radical (unpaired) electrons. The van der Waals surface area contributed by atoms with Crippen molar-refractivity contribution in [1.82, 2.24) is 20.2 Å². The van der Waals surface area contributed by atoms with Gasteiger partial charge in [0.15, 0.2) is 0 Å². The highest BCUT2D eigenvalue weighted by Gasteiger charge is 2.13. The zero-order valence-electron chi connectivity index (χ0n) is 16.0. The number of hydrogen-bond donors (Lipinski definition) is 1. The average molecular weight is 442 g/mol. The molecule has 4 rings (SSSR count). The van der Waals surface area contributed by atoms with Crippen LogP contribution in [0.1, 0.15) is 18.1 Å². The summed E-state index contributed by atoms with van der Waals surface area (Å²) in [6.45, 7) is 3.30. The van der Waals surface area contributed by atoms with Crippen molar-refractivity contribution in [3.05, 3.63) is 69.0 Å². The van der Waals surface area contributed by atoms with E-state index < -0.39 is 5.63 Å². The highest BCUT2D eigenvalue weighted by molar-refractivity contribution is 7.98. The second kappa shape index (κ2) is 8.29. The number of hydrogen-bond acceptors (Lipinski definition) is 7. The molecule has 2 heterocycles. The van der Waals surface area contributed by atoms with Crippen molar-refractivity contribution in [3.8, 4) is 5.69 Å². The van der Waals surface area contributed by atoms with Crippen molar-refractivity contribution in [2.45, 2.75) is 24.8 Å². The number of carbonyl (C=O) groups is 1. The minimum atomic E-state index is -0.428. The summed E-state index contributed by atoms with van der Waals surface area (Å²) in [7, 11) is 0. The molecule has 1 N–H and O–H groups in total. The van der Waals surface area contributed by atoms with Crippen molar-refractivity contribution in [2.24, 2.45) is 0 Å². The predicted molar refractivity (Wildman–Crippen MR) is 115 cm³/mol. The Labute approximate surface area is 180 Å². The Balaban J connectivity index is 1.64. The largest absolute Gasteiger partial charge is 0.423 e.